The highest BCUT2D eigenvalue weighted by atomic mass is 79.9. The minimum Gasteiger partial charge on any atom is -0.444 e. The van der Waals surface area contributed by atoms with E-state index in [9.17, 15) is 14.3 Å². The van der Waals surface area contributed by atoms with Gasteiger partial charge in [0.1, 0.15) is 11.4 Å². The molecule has 0 radical (unpaired) electrons. The Morgan fingerprint density at radius 3 is 2.48 bits per heavy atom. The van der Waals surface area contributed by atoms with Crippen LogP contribution in [-0.4, -0.2) is 30.0 Å². The molecular weight excluding hydrogens is 389 g/mol. The Balaban J connectivity index is 2.92. The van der Waals surface area contributed by atoms with E-state index in [2.05, 4.69) is 35.1 Å². The molecule has 6 heteroatoms. The van der Waals surface area contributed by atoms with Crippen molar-refractivity contribution in [2.45, 2.75) is 53.1 Å². The number of hydrogen-bond acceptors (Lipinski definition) is 3. The van der Waals surface area contributed by atoms with Crippen LogP contribution in [0.25, 0.3) is 0 Å². The Hall–Kier alpha value is -1.14. The lowest BCUT2D eigenvalue weighted by Gasteiger charge is -2.34. The first-order valence-electron chi connectivity index (χ1n) is 8.48. The second kappa shape index (κ2) is 8.99. The summed E-state index contributed by atoms with van der Waals surface area (Å²) in [7, 11) is 0. The maximum absolute atomic E-state index is 13.5. The zero-order chi connectivity index (χ0) is 19.3. The molecule has 25 heavy (non-hydrogen) atoms. The fourth-order valence-corrected chi connectivity index (χ4v) is 3.33. The Kier molecular flexibility index (Phi) is 7.88. The van der Waals surface area contributed by atoms with E-state index in [0.29, 0.717) is 23.2 Å². The topological polar surface area (TPSA) is 58.6 Å². The van der Waals surface area contributed by atoms with E-state index < -0.39 is 17.1 Å². The molecule has 0 heterocycles. The van der Waals surface area contributed by atoms with Crippen molar-refractivity contribution in [2.75, 3.05) is 13.2 Å². The van der Waals surface area contributed by atoms with Crippen molar-refractivity contribution in [1.82, 2.24) is 5.32 Å². The second-order valence-electron chi connectivity index (χ2n) is 8.04. The van der Waals surface area contributed by atoms with Crippen molar-refractivity contribution >= 4 is 22.0 Å². The Labute approximate surface area is 158 Å². The minimum atomic E-state index is -0.578. The zero-order valence-electron chi connectivity index (χ0n) is 15.7. The quantitative estimate of drug-likeness (QED) is 0.676. The molecule has 1 aromatic rings. The molecule has 2 N–H and O–H groups in total. The van der Waals surface area contributed by atoms with Gasteiger partial charge in [0.05, 0.1) is 11.1 Å². The lowest BCUT2D eigenvalue weighted by Crippen LogP contribution is -2.44. The fraction of sp³-hybridized carbons (Fsp3) is 0.632. The second-order valence-corrected chi connectivity index (χ2v) is 8.89. The summed E-state index contributed by atoms with van der Waals surface area (Å²) in [6.07, 6.45) is 0.736. The third-order valence-electron chi connectivity index (χ3n) is 3.75. The Bertz CT molecular complexity index is 587. The highest BCUT2D eigenvalue weighted by Gasteiger charge is 2.32. The summed E-state index contributed by atoms with van der Waals surface area (Å²) in [5.41, 5.74) is -0.220. The SMILES string of the molecule is CC(C)CC(CO)(CNC(=O)OC(C)(C)C)Cc1ccc(F)c(Br)c1. The van der Waals surface area contributed by atoms with Crippen LogP contribution in [0.4, 0.5) is 9.18 Å². The van der Waals surface area contributed by atoms with Crippen LogP contribution in [0.1, 0.15) is 46.6 Å². The third-order valence-corrected chi connectivity index (χ3v) is 4.35. The van der Waals surface area contributed by atoms with Gasteiger partial charge in [-0.2, -0.15) is 0 Å². The molecule has 1 aromatic carbocycles. The molecule has 0 spiro atoms. The summed E-state index contributed by atoms with van der Waals surface area (Å²) in [5, 5.41) is 12.9. The molecule has 0 saturated carbocycles. The predicted molar refractivity (Wildman–Crippen MR) is 101 cm³/mol. The number of carbonyl (C=O) groups is 1. The van der Waals surface area contributed by atoms with Crippen LogP contribution in [0, 0.1) is 17.2 Å². The summed E-state index contributed by atoms with van der Waals surface area (Å²) in [6.45, 7) is 9.74. The molecule has 0 aliphatic carbocycles. The van der Waals surface area contributed by atoms with Gasteiger partial charge in [0.15, 0.2) is 0 Å². The van der Waals surface area contributed by atoms with E-state index in [4.69, 9.17) is 4.74 Å². The molecule has 0 bridgehead atoms. The number of amides is 1. The minimum absolute atomic E-state index is 0.0873. The van der Waals surface area contributed by atoms with Crippen molar-refractivity contribution in [3.63, 3.8) is 0 Å². The van der Waals surface area contributed by atoms with Gasteiger partial charge in [0.25, 0.3) is 0 Å². The number of aliphatic hydroxyl groups excluding tert-OH is 1. The lowest BCUT2D eigenvalue weighted by molar-refractivity contribution is 0.0440. The normalized spacial score (nSPS) is 14.3. The highest BCUT2D eigenvalue weighted by molar-refractivity contribution is 9.10. The Morgan fingerprint density at radius 2 is 2.00 bits per heavy atom. The average molecular weight is 418 g/mol. The first kappa shape index (κ1) is 21.9. The van der Waals surface area contributed by atoms with Crippen LogP contribution in [0.5, 0.6) is 0 Å². The number of hydrogen-bond donors (Lipinski definition) is 2. The van der Waals surface area contributed by atoms with Crippen molar-refractivity contribution in [2.24, 2.45) is 11.3 Å². The third kappa shape index (κ3) is 7.74. The molecule has 1 atom stereocenters. The number of alkyl carbamates (subject to hydrolysis) is 1. The number of ether oxygens (including phenoxy) is 1. The van der Waals surface area contributed by atoms with Gasteiger partial charge in [-0.05, 0) is 73.2 Å². The molecule has 1 unspecified atom stereocenters. The maximum atomic E-state index is 13.5. The first-order chi connectivity index (χ1) is 11.5. The zero-order valence-corrected chi connectivity index (χ0v) is 17.2. The molecule has 0 aliphatic rings. The van der Waals surface area contributed by atoms with Gasteiger partial charge in [-0.3, -0.25) is 0 Å². The number of carbonyl (C=O) groups excluding carboxylic acids is 1. The van der Waals surface area contributed by atoms with Crippen LogP contribution >= 0.6 is 15.9 Å². The first-order valence-corrected chi connectivity index (χ1v) is 9.27. The molecule has 0 fully saturated rings. The number of aliphatic hydroxyl groups is 1. The Morgan fingerprint density at radius 1 is 1.36 bits per heavy atom. The van der Waals surface area contributed by atoms with E-state index in [1.807, 2.05) is 0 Å². The van der Waals surface area contributed by atoms with Crippen LogP contribution in [0.2, 0.25) is 0 Å². The van der Waals surface area contributed by atoms with Gasteiger partial charge >= 0.3 is 6.09 Å². The number of benzene rings is 1. The van der Waals surface area contributed by atoms with E-state index >= 15 is 0 Å². The molecule has 1 amide bonds. The molecule has 0 saturated heterocycles. The summed E-state index contributed by atoms with van der Waals surface area (Å²) >= 11 is 3.19. The van der Waals surface area contributed by atoms with Crippen LogP contribution in [0.3, 0.4) is 0 Å². The molecule has 142 valence electrons. The maximum Gasteiger partial charge on any atom is 0.407 e. The summed E-state index contributed by atoms with van der Waals surface area (Å²) in [4.78, 5) is 12.0. The summed E-state index contributed by atoms with van der Waals surface area (Å²) in [6, 6.07) is 4.82. The fourth-order valence-electron chi connectivity index (χ4n) is 2.91. The summed E-state index contributed by atoms with van der Waals surface area (Å²) < 4.78 is 19.1. The standard InChI is InChI=1S/C19H29BrFNO3/c1-13(2)9-19(12-23,11-22-17(24)25-18(3,4)5)10-14-6-7-16(21)15(20)8-14/h6-8,13,23H,9-12H2,1-5H3,(H,22,24). The number of nitrogens with one attached hydrogen (secondary N) is 1. The molecule has 1 rings (SSSR count). The summed E-state index contributed by atoms with van der Waals surface area (Å²) in [5.74, 6) is 0.00515. The van der Waals surface area contributed by atoms with E-state index in [1.165, 1.54) is 6.07 Å². The van der Waals surface area contributed by atoms with Crippen molar-refractivity contribution < 1.29 is 19.0 Å². The van der Waals surface area contributed by atoms with Crippen molar-refractivity contribution in [1.29, 1.82) is 0 Å². The molecule has 0 aromatic heterocycles. The molecule has 0 aliphatic heterocycles. The monoisotopic (exact) mass is 417 g/mol. The average Bonchev–Trinajstić information content (AvgIpc) is 2.46. The van der Waals surface area contributed by atoms with Gasteiger partial charge in [0.2, 0.25) is 0 Å². The van der Waals surface area contributed by atoms with E-state index in [-0.39, 0.29) is 19.0 Å². The van der Waals surface area contributed by atoms with Crippen molar-refractivity contribution in [3.8, 4) is 0 Å². The number of rotatable bonds is 7. The van der Waals surface area contributed by atoms with Gasteiger partial charge in [0, 0.05) is 12.0 Å². The number of halogens is 2. The van der Waals surface area contributed by atoms with E-state index in [0.717, 1.165) is 5.56 Å². The van der Waals surface area contributed by atoms with Gasteiger partial charge in [-0.15, -0.1) is 0 Å². The van der Waals surface area contributed by atoms with Gasteiger partial charge in [-0.25, -0.2) is 9.18 Å². The highest BCUT2D eigenvalue weighted by Crippen LogP contribution is 2.31. The lowest BCUT2D eigenvalue weighted by atomic mass is 9.76. The molecule has 4 nitrogen and oxygen atoms in total. The largest absolute Gasteiger partial charge is 0.444 e. The van der Waals surface area contributed by atoms with Crippen LogP contribution in [0.15, 0.2) is 22.7 Å². The predicted octanol–water partition coefficient (Wildman–Crippen LogP) is 4.68. The van der Waals surface area contributed by atoms with Gasteiger partial charge in [-0.1, -0.05) is 19.9 Å². The van der Waals surface area contributed by atoms with Crippen LogP contribution < -0.4 is 5.32 Å². The van der Waals surface area contributed by atoms with Crippen molar-refractivity contribution in [3.05, 3.63) is 34.1 Å². The van der Waals surface area contributed by atoms with Gasteiger partial charge < -0.3 is 15.2 Å². The smallest absolute Gasteiger partial charge is 0.407 e. The molecular formula is C19H29BrFNO3. The van der Waals surface area contributed by atoms with E-state index in [1.54, 1.807) is 32.9 Å². The van der Waals surface area contributed by atoms with Crippen LogP contribution in [-0.2, 0) is 11.2 Å².